The number of nitrogens with one attached hydrogen (secondary N) is 1. The van der Waals surface area contributed by atoms with Gasteiger partial charge < -0.3 is 14.2 Å². The fraction of sp³-hybridized carbons (Fsp3) is 0.176. The van der Waals surface area contributed by atoms with Crippen molar-refractivity contribution in [1.29, 1.82) is 0 Å². The van der Waals surface area contributed by atoms with E-state index in [4.69, 9.17) is 14.2 Å². The number of nitrogens with zero attached hydrogens (tertiary/aromatic N) is 1. The van der Waals surface area contributed by atoms with Crippen molar-refractivity contribution in [3.63, 3.8) is 0 Å². The van der Waals surface area contributed by atoms with Crippen LogP contribution in [0.4, 0.5) is 5.69 Å². The van der Waals surface area contributed by atoms with E-state index in [0.29, 0.717) is 17.2 Å². The first-order valence-corrected chi connectivity index (χ1v) is 9.16. The van der Waals surface area contributed by atoms with Gasteiger partial charge in [-0.1, -0.05) is 11.8 Å². The molecule has 10 heteroatoms. The van der Waals surface area contributed by atoms with Crippen LogP contribution < -0.4 is 18.9 Å². The molecule has 27 heavy (non-hydrogen) atoms. The number of rotatable bonds is 6. The van der Waals surface area contributed by atoms with Crippen LogP contribution in [0, 0.1) is 22.0 Å². The van der Waals surface area contributed by atoms with Crippen molar-refractivity contribution in [3.8, 4) is 29.1 Å². The van der Waals surface area contributed by atoms with Gasteiger partial charge in [0.15, 0.2) is 11.5 Å². The van der Waals surface area contributed by atoms with Crippen molar-refractivity contribution in [1.82, 2.24) is 4.72 Å². The summed E-state index contributed by atoms with van der Waals surface area (Å²) in [4.78, 5) is 9.91. The van der Waals surface area contributed by atoms with E-state index in [1.54, 1.807) is 18.2 Å². The predicted octanol–water partition coefficient (Wildman–Crippen LogP) is 1.68. The Morgan fingerprint density at radius 2 is 1.85 bits per heavy atom. The first-order chi connectivity index (χ1) is 13.0. The van der Waals surface area contributed by atoms with Crippen LogP contribution in [0.1, 0.15) is 0 Å². The minimum atomic E-state index is -3.80. The third-order valence-corrected chi connectivity index (χ3v) is 4.91. The topological polar surface area (TPSA) is 117 Å². The number of fused-ring (bicyclic) bond motifs is 1. The first-order valence-electron chi connectivity index (χ1n) is 7.68. The molecule has 0 aromatic heterocycles. The van der Waals surface area contributed by atoms with Crippen molar-refractivity contribution in [3.05, 3.63) is 52.6 Å². The lowest BCUT2D eigenvalue weighted by Gasteiger charge is -2.04. The number of hydrogen-bond donors (Lipinski definition) is 1. The Bertz CT molecular complexity index is 1010. The van der Waals surface area contributed by atoms with Gasteiger partial charge in [-0.15, -0.1) is 0 Å². The van der Waals surface area contributed by atoms with E-state index in [9.17, 15) is 18.5 Å². The van der Waals surface area contributed by atoms with Crippen LogP contribution in [0.5, 0.6) is 17.2 Å². The average molecular weight is 390 g/mol. The van der Waals surface area contributed by atoms with Gasteiger partial charge in [0.25, 0.3) is 5.69 Å². The van der Waals surface area contributed by atoms with Gasteiger partial charge in [0, 0.05) is 18.2 Å². The molecule has 9 nitrogen and oxygen atoms in total. The summed E-state index contributed by atoms with van der Waals surface area (Å²) in [6, 6.07) is 9.70. The molecule has 1 heterocycles. The van der Waals surface area contributed by atoms with Crippen molar-refractivity contribution in [2.24, 2.45) is 0 Å². The van der Waals surface area contributed by atoms with E-state index in [1.807, 2.05) is 0 Å². The maximum absolute atomic E-state index is 12.1. The molecule has 140 valence electrons. The minimum Gasteiger partial charge on any atom is -0.481 e. The summed E-state index contributed by atoms with van der Waals surface area (Å²) >= 11 is 0. The summed E-state index contributed by atoms with van der Waals surface area (Å²) < 4.78 is 42.3. The van der Waals surface area contributed by atoms with Crippen LogP contribution in [0.15, 0.2) is 47.4 Å². The fourth-order valence-electron chi connectivity index (χ4n) is 2.16. The Balaban J connectivity index is 1.48. The van der Waals surface area contributed by atoms with Gasteiger partial charge >= 0.3 is 0 Å². The smallest absolute Gasteiger partial charge is 0.269 e. The highest BCUT2D eigenvalue weighted by atomic mass is 32.2. The van der Waals surface area contributed by atoms with Crippen LogP contribution >= 0.6 is 0 Å². The number of sulfonamides is 1. The first kappa shape index (κ1) is 18.5. The second-order valence-corrected chi connectivity index (χ2v) is 7.00. The average Bonchev–Trinajstić information content (AvgIpc) is 3.12. The van der Waals surface area contributed by atoms with Gasteiger partial charge in [0.05, 0.1) is 16.4 Å². The highest BCUT2D eigenvalue weighted by Gasteiger charge is 2.15. The third kappa shape index (κ3) is 4.66. The molecule has 0 radical (unpaired) electrons. The second-order valence-electron chi connectivity index (χ2n) is 5.23. The standard InChI is InChI=1S/C17H14N2O7S/c20-19(21)13-3-6-15(7-4-13)27(22,23)18-9-1-2-10-24-14-5-8-16-17(11-14)26-12-25-16/h3-8,11,18H,9-10,12H2. The summed E-state index contributed by atoms with van der Waals surface area (Å²) in [5, 5.41) is 10.6. The molecule has 0 bridgehead atoms. The summed E-state index contributed by atoms with van der Waals surface area (Å²) in [6.45, 7) is 0.121. The molecule has 3 rings (SSSR count). The number of nitro groups is 1. The monoisotopic (exact) mass is 390 g/mol. The van der Waals surface area contributed by atoms with Gasteiger partial charge in [0.1, 0.15) is 12.4 Å². The highest BCUT2D eigenvalue weighted by molar-refractivity contribution is 7.89. The van der Waals surface area contributed by atoms with Crippen molar-refractivity contribution >= 4 is 15.7 Å². The summed E-state index contributed by atoms with van der Waals surface area (Å²) in [5.74, 6) is 7.12. The normalized spacial score (nSPS) is 12.1. The minimum absolute atomic E-state index is 0.0684. The molecule has 2 aromatic rings. The molecule has 1 N–H and O–H groups in total. The maximum atomic E-state index is 12.1. The quantitative estimate of drug-likeness (QED) is 0.453. The molecule has 1 aliphatic rings. The van der Waals surface area contributed by atoms with Gasteiger partial charge in [0.2, 0.25) is 16.8 Å². The molecule has 0 saturated heterocycles. The van der Waals surface area contributed by atoms with Crippen molar-refractivity contribution in [2.45, 2.75) is 4.90 Å². The molecule has 1 aliphatic heterocycles. The second kappa shape index (κ2) is 7.94. The Morgan fingerprint density at radius 3 is 2.59 bits per heavy atom. The van der Waals surface area contributed by atoms with Crippen LogP contribution in [0.3, 0.4) is 0 Å². The molecule has 2 aromatic carbocycles. The third-order valence-electron chi connectivity index (χ3n) is 3.49. The zero-order valence-corrected chi connectivity index (χ0v) is 14.7. The van der Waals surface area contributed by atoms with E-state index in [2.05, 4.69) is 16.6 Å². The summed E-state index contributed by atoms with van der Waals surface area (Å²) in [7, 11) is -3.80. The highest BCUT2D eigenvalue weighted by Crippen LogP contribution is 2.34. The zero-order chi connectivity index (χ0) is 19.3. The van der Waals surface area contributed by atoms with Crippen LogP contribution in [0.2, 0.25) is 0 Å². The molecule has 0 fully saturated rings. The SMILES string of the molecule is O=[N+]([O-])c1ccc(S(=O)(=O)NCC#CCOc2ccc3c(c2)OCO3)cc1. The zero-order valence-electron chi connectivity index (χ0n) is 13.9. The van der Waals surface area contributed by atoms with Gasteiger partial charge in [-0.05, 0) is 24.3 Å². The fourth-order valence-corrected chi connectivity index (χ4v) is 3.08. The van der Waals surface area contributed by atoms with E-state index >= 15 is 0 Å². The van der Waals surface area contributed by atoms with Gasteiger partial charge in [-0.3, -0.25) is 10.1 Å². The summed E-state index contributed by atoms with van der Waals surface area (Å²) in [5.41, 5.74) is -0.186. The Labute approximate surface area is 155 Å². The van der Waals surface area contributed by atoms with Crippen LogP contribution in [0.25, 0.3) is 0 Å². The number of hydrogen-bond acceptors (Lipinski definition) is 7. The maximum Gasteiger partial charge on any atom is 0.269 e. The predicted molar refractivity (Wildman–Crippen MR) is 94.1 cm³/mol. The number of ether oxygens (including phenoxy) is 3. The lowest BCUT2D eigenvalue weighted by Crippen LogP contribution is -2.24. The van der Waals surface area contributed by atoms with E-state index in [1.165, 1.54) is 0 Å². The molecule has 0 amide bonds. The van der Waals surface area contributed by atoms with Crippen molar-refractivity contribution < 1.29 is 27.6 Å². The number of non-ortho nitro benzene ring substituents is 1. The van der Waals surface area contributed by atoms with Gasteiger partial charge in [-0.25, -0.2) is 8.42 Å². The van der Waals surface area contributed by atoms with E-state index in [-0.39, 0.29) is 30.5 Å². The Hall–Kier alpha value is -3.29. The molecular formula is C17H14N2O7S. The summed E-state index contributed by atoms with van der Waals surface area (Å²) in [6.07, 6.45) is 0. The molecule has 0 saturated carbocycles. The molecular weight excluding hydrogens is 376 g/mol. The Morgan fingerprint density at radius 1 is 1.11 bits per heavy atom. The largest absolute Gasteiger partial charge is 0.481 e. The van der Waals surface area contributed by atoms with Gasteiger partial charge in [-0.2, -0.15) is 4.72 Å². The van der Waals surface area contributed by atoms with E-state index in [0.717, 1.165) is 24.3 Å². The molecule has 0 aliphatic carbocycles. The lowest BCUT2D eigenvalue weighted by molar-refractivity contribution is -0.384. The van der Waals surface area contributed by atoms with Crippen LogP contribution in [-0.2, 0) is 10.0 Å². The number of nitro benzene ring substituents is 1. The van der Waals surface area contributed by atoms with Crippen LogP contribution in [-0.4, -0.2) is 33.3 Å². The molecule has 0 spiro atoms. The van der Waals surface area contributed by atoms with E-state index < -0.39 is 14.9 Å². The molecule has 0 unspecified atom stereocenters. The lowest BCUT2D eigenvalue weighted by atomic mass is 10.3. The number of benzene rings is 2. The molecule has 0 atom stereocenters. The Kier molecular flexibility index (Phi) is 5.44. The van der Waals surface area contributed by atoms with Crippen molar-refractivity contribution in [2.75, 3.05) is 19.9 Å².